The van der Waals surface area contributed by atoms with Gasteiger partial charge in [0.2, 0.25) is 11.8 Å². The van der Waals surface area contributed by atoms with E-state index < -0.39 is 17.9 Å². The standard InChI is InChI=1S/C11H17N3O5/c1-7(10(17)18)12-8(15)4-3-5-14-9(16)6-13(2)11(14)19/h7H,3-6H2,1-2H3,(H,12,15)(H,17,18)/t7-/m1/s1. The lowest BCUT2D eigenvalue weighted by Crippen LogP contribution is -2.39. The van der Waals surface area contributed by atoms with Crippen molar-refractivity contribution in [3.05, 3.63) is 0 Å². The van der Waals surface area contributed by atoms with Crippen molar-refractivity contribution in [1.29, 1.82) is 0 Å². The number of rotatable bonds is 6. The summed E-state index contributed by atoms with van der Waals surface area (Å²) in [6.07, 6.45) is 0.377. The minimum Gasteiger partial charge on any atom is -0.480 e. The van der Waals surface area contributed by atoms with Crippen LogP contribution >= 0.6 is 0 Å². The van der Waals surface area contributed by atoms with Crippen LogP contribution in [0.5, 0.6) is 0 Å². The van der Waals surface area contributed by atoms with Crippen molar-refractivity contribution in [3.63, 3.8) is 0 Å². The number of carbonyl (C=O) groups excluding carboxylic acids is 3. The lowest BCUT2D eigenvalue weighted by Gasteiger charge is -2.14. The minimum absolute atomic E-state index is 0.0566. The molecule has 0 aromatic carbocycles. The summed E-state index contributed by atoms with van der Waals surface area (Å²) in [5.41, 5.74) is 0. The fourth-order valence-electron chi connectivity index (χ4n) is 1.66. The van der Waals surface area contributed by atoms with E-state index in [0.29, 0.717) is 6.42 Å². The fraction of sp³-hybridized carbons (Fsp3) is 0.636. The summed E-state index contributed by atoms with van der Waals surface area (Å²) in [5, 5.41) is 10.9. The lowest BCUT2D eigenvalue weighted by molar-refractivity contribution is -0.141. The van der Waals surface area contributed by atoms with Crippen LogP contribution in [0, 0.1) is 0 Å². The normalized spacial score (nSPS) is 16.7. The molecule has 2 N–H and O–H groups in total. The van der Waals surface area contributed by atoms with Crippen LogP contribution in [0.15, 0.2) is 0 Å². The van der Waals surface area contributed by atoms with Crippen molar-refractivity contribution in [3.8, 4) is 0 Å². The molecule has 0 spiro atoms. The van der Waals surface area contributed by atoms with E-state index in [1.165, 1.54) is 18.9 Å². The van der Waals surface area contributed by atoms with E-state index >= 15 is 0 Å². The Morgan fingerprint density at radius 1 is 1.42 bits per heavy atom. The van der Waals surface area contributed by atoms with Gasteiger partial charge in [-0.1, -0.05) is 0 Å². The molecule has 1 aliphatic rings. The zero-order chi connectivity index (χ0) is 14.6. The molecule has 8 nitrogen and oxygen atoms in total. The second kappa shape index (κ2) is 6.17. The summed E-state index contributed by atoms with van der Waals surface area (Å²) < 4.78 is 0. The summed E-state index contributed by atoms with van der Waals surface area (Å²) in [5.74, 6) is -1.81. The largest absolute Gasteiger partial charge is 0.480 e. The first-order chi connectivity index (χ1) is 8.82. The van der Waals surface area contributed by atoms with Gasteiger partial charge in [-0.25, -0.2) is 4.79 Å². The van der Waals surface area contributed by atoms with Crippen LogP contribution in [0.25, 0.3) is 0 Å². The molecule has 0 aromatic rings. The summed E-state index contributed by atoms with van der Waals surface area (Å²) in [4.78, 5) is 47.2. The number of urea groups is 1. The number of hydrogen-bond acceptors (Lipinski definition) is 4. The first-order valence-corrected chi connectivity index (χ1v) is 5.90. The number of carboxylic acid groups (broad SMARTS) is 1. The average Bonchev–Trinajstić information content (AvgIpc) is 2.55. The zero-order valence-corrected chi connectivity index (χ0v) is 10.9. The summed E-state index contributed by atoms with van der Waals surface area (Å²) in [6.45, 7) is 1.58. The van der Waals surface area contributed by atoms with Crippen molar-refractivity contribution in [1.82, 2.24) is 15.1 Å². The minimum atomic E-state index is -1.11. The van der Waals surface area contributed by atoms with Gasteiger partial charge in [0.05, 0.1) is 0 Å². The van der Waals surface area contributed by atoms with Crippen molar-refractivity contribution in [2.45, 2.75) is 25.8 Å². The monoisotopic (exact) mass is 271 g/mol. The molecule has 0 aromatic heterocycles. The number of carbonyl (C=O) groups is 4. The molecule has 0 aliphatic carbocycles. The Bertz CT molecular complexity index is 409. The van der Waals surface area contributed by atoms with E-state index in [1.807, 2.05) is 0 Å². The highest BCUT2D eigenvalue weighted by molar-refractivity contribution is 6.01. The molecule has 8 heteroatoms. The number of aliphatic carboxylic acids is 1. The van der Waals surface area contributed by atoms with Crippen LogP contribution in [-0.2, 0) is 14.4 Å². The average molecular weight is 271 g/mol. The molecule has 19 heavy (non-hydrogen) atoms. The van der Waals surface area contributed by atoms with Crippen LogP contribution < -0.4 is 5.32 Å². The van der Waals surface area contributed by atoms with Crippen LogP contribution in [0.3, 0.4) is 0 Å². The van der Waals surface area contributed by atoms with Gasteiger partial charge >= 0.3 is 12.0 Å². The van der Waals surface area contributed by atoms with Gasteiger partial charge in [0, 0.05) is 20.0 Å². The van der Waals surface area contributed by atoms with E-state index in [1.54, 1.807) is 0 Å². The van der Waals surface area contributed by atoms with Crippen LogP contribution in [0.2, 0.25) is 0 Å². The number of nitrogens with zero attached hydrogens (tertiary/aromatic N) is 2. The zero-order valence-electron chi connectivity index (χ0n) is 10.9. The van der Waals surface area contributed by atoms with Gasteiger partial charge < -0.3 is 15.3 Å². The summed E-state index contributed by atoms with van der Waals surface area (Å²) >= 11 is 0. The van der Waals surface area contributed by atoms with Crippen molar-refractivity contribution < 1.29 is 24.3 Å². The Kier molecular flexibility index (Phi) is 4.85. The van der Waals surface area contributed by atoms with Gasteiger partial charge in [0.25, 0.3) is 0 Å². The SMILES string of the molecule is C[C@@H](NC(=O)CCCN1C(=O)CN(C)C1=O)C(=O)O. The summed E-state index contributed by atoms with van der Waals surface area (Å²) in [7, 11) is 1.53. The highest BCUT2D eigenvalue weighted by atomic mass is 16.4. The molecule has 1 rings (SSSR count). The summed E-state index contributed by atoms with van der Waals surface area (Å²) in [6, 6.07) is -1.32. The molecule has 1 heterocycles. The highest BCUT2D eigenvalue weighted by Crippen LogP contribution is 2.09. The molecular formula is C11H17N3O5. The molecule has 4 amide bonds. The number of amides is 4. The third-order valence-electron chi connectivity index (χ3n) is 2.76. The maximum Gasteiger partial charge on any atom is 0.326 e. The van der Waals surface area contributed by atoms with Crippen molar-refractivity contribution in [2.24, 2.45) is 0 Å². The Labute approximate surface area is 110 Å². The second-order valence-corrected chi connectivity index (χ2v) is 4.42. The molecular weight excluding hydrogens is 254 g/mol. The van der Waals surface area contributed by atoms with E-state index in [-0.39, 0.29) is 31.4 Å². The van der Waals surface area contributed by atoms with Gasteiger partial charge in [0.1, 0.15) is 12.6 Å². The smallest absolute Gasteiger partial charge is 0.326 e. The van der Waals surface area contributed by atoms with E-state index in [4.69, 9.17) is 5.11 Å². The third kappa shape index (κ3) is 3.94. The Hall–Kier alpha value is -2.12. The molecule has 0 bridgehead atoms. The predicted octanol–water partition coefficient (Wildman–Crippen LogP) is -0.750. The van der Waals surface area contributed by atoms with Crippen LogP contribution in [0.1, 0.15) is 19.8 Å². The number of carboxylic acids is 1. The Morgan fingerprint density at radius 2 is 2.05 bits per heavy atom. The van der Waals surface area contributed by atoms with Gasteiger partial charge in [0.15, 0.2) is 0 Å². The van der Waals surface area contributed by atoms with Gasteiger partial charge in [-0.05, 0) is 13.3 Å². The fourth-order valence-corrected chi connectivity index (χ4v) is 1.66. The van der Waals surface area contributed by atoms with Gasteiger partial charge in [-0.2, -0.15) is 0 Å². The lowest BCUT2D eigenvalue weighted by atomic mass is 10.2. The number of hydrogen-bond donors (Lipinski definition) is 2. The topological polar surface area (TPSA) is 107 Å². The molecule has 106 valence electrons. The van der Waals surface area contributed by atoms with Gasteiger partial charge in [-0.3, -0.25) is 19.3 Å². The quantitative estimate of drug-likeness (QED) is 0.618. The highest BCUT2D eigenvalue weighted by Gasteiger charge is 2.32. The van der Waals surface area contributed by atoms with Crippen molar-refractivity contribution in [2.75, 3.05) is 20.1 Å². The Balaban J connectivity index is 2.31. The van der Waals surface area contributed by atoms with Crippen molar-refractivity contribution >= 4 is 23.8 Å². The number of nitrogens with one attached hydrogen (secondary N) is 1. The first kappa shape index (κ1) is 14.9. The second-order valence-electron chi connectivity index (χ2n) is 4.42. The Morgan fingerprint density at radius 3 is 2.53 bits per heavy atom. The molecule has 0 radical (unpaired) electrons. The molecule has 0 unspecified atom stereocenters. The van der Waals surface area contributed by atoms with E-state index in [9.17, 15) is 19.2 Å². The molecule has 1 atom stereocenters. The number of likely N-dealkylation sites (N-methyl/N-ethyl adjacent to an activating group) is 1. The van der Waals surface area contributed by atoms with Crippen LogP contribution in [-0.4, -0.2) is 64.9 Å². The van der Waals surface area contributed by atoms with Crippen LogP contribution in [0.4, 0.5) is 4.79 Å². The maximum atomic E-state index is 11.5. The molecule has 1 fully saturated rings. The first-order valence-electron chi connectivity index (χ1n) is 5.90. The van der Waals surface area contributed by atoms with E-state index in [2.05, 4.69) is 5.32 Å². The third-order valence-corrected chi connectivity index (χ3v) is 2.76. The number of imide groups is 1. The van der Waals surface area contributed by atoms with Gasteiger partial charge in [-0.15, -0.1) is 0 Å². The predicted molar refractivity (Wildman–Crippen MR) is 64.2 cm³/mol. The maximum absolute atomic E-state index is 11.5. The molecule has 1 aliphatic heterocycles. The van der Waals surface area contributed by atoms with E-state index in [0.717, 1.165) is 4.90 Å². The molecule has 0 saturated carbocycles. The molecule has 1 saturated heterocycles.